The van der Waals surface area contributed by atoms with Gasteiger partial charge in [0.15, 0.2) is 0 Å². The Labute approximate surface area is 200 Å². The van der Waals surface area contributed by atoms with Gasteiger partial charge in [-0.15, -0.1) is 0 Å². The molecule has 33 heavy (non-hydrogen) atoms. The number of allylic oxidation sites excluding steroid dienone is 8. The molecule has 1 atom stereocenters. The average Bonchev–Trinajstić information content (AvgIpc) is 2.82. The second-order valence-electron chi connectivity index (χ2n) is 8.30. The molecule has 0 aliphatic heterocycles. The predicted octanol–water partition coefficient (Wildman–Crippen LogP) is 6.56. The molecule has 0 unspecified atom stereocenters. The summed E-state index contributed by atoms with van der Waals surface area (Å²) >= 11 is 0. The van der Waals surface area contributed by atoms with E-state index in [1.165, 1.54) is 25.7 Å². The number of aliphatic hydroxyl groups excluding tert-OH is 1. The molecule has 4 heteroatoms. The second kappa shape index (κ2) is 20.0. The summed E-state index contributed by atoms with van der Waals surface area (Å²) in [6.45, 7) is 2.12. The van der Waals surface area contributed by atoms with Gasteiger partial charge in [-0.3, -0.25) is 4.79 Å². The summed E-state index contributed by atoms with van der Waals surface area (Å²) in [7, 11) is 0. The minimum Gasteiger partial charge on any atom is -0.508 e. The zero-order chi connectivity index (χ0) is 24.0. The highest BCUT2D eigenvalue weighted by Gasteiger charge is 2.11. The molecule has 0 saturated heterocycles. The Morgan fingerprint density at radius 3 is 1.94 bits per heavy atom. The van der Waals surface area contributed by atoms with Crippen molar-refractivity contribution in [3.8, 4) is 5.75 Å². The molecule has 0 aliphatic rings. The number of nitrogens with one attached hydrogen (secondary N) is 1. The molecule has 182 valence electrons. The lowest BCUT2D eigenvalue weighted by atomic mass is 10.1. The van der Waals surface area contributed by atoms with E-state index in [-0.39, 0.29) is 24.3 Å². The summed E-state index contributed by atoms with van der Waals surface area (Å²) in [5, 5.41) is 21.7. The highest BCUT2D eigenvalue weighted by Crippen LogP contribution is 2.11. The van der Waals surface area contributed by atoms with Gasteiger partial charge in [0.25, 0.3) is 0 Å². The highest BCUT2D eigenvalue weighted by atomic mass is 16.3. The summed E-state index contributed by atoms with van der Waals surface area (Å²) < 4.78 is 0. The number of amides is 1. The van der Waals surface area contributed by atoms with Crippen molar-refractivity contribution in [2.75, 3.05) is 6.61 Å². The lowest BCUT2D eigenvalue weighted by molar-refractivity contribution is -0.122. The molecule has 0 bridgehead atoms. The maximum atomic E-state index is 12.1. The predicted molar refractivity (Wildman–Crippen MR) is 139 cm³/mol. The van der Waals surface area contributed by atoms with E-state index < -0.39 is 0 Å². The van der Waals surface area contributed by atoms with Crippen molar-refractivity contribution in [2.24, 2.45) is 0 Å². The Morgan fingerprint density at radius 2 is 1.39 bits per heavy atom. The molecule has 1 amide bonds. The van der Waals surface area contributed by atoms with Crippen molar-refractivity contribution < 1.29 is 15.0 Å². The van der Waals surface area contributed by atoms with Crippen LogP contribution in [-0.4, -0.2) is 28.8 Å². The van der Waals surface area contributed by atoms with Gasteiger partial charge in [-0.2, -0.15) is 0 Å². The zero-order valence-electron chi connectivity index (χ0n) is 20.3. The highest BCUT2D eigenvalue weighted by molar-refractivity contribution is 5.76. The maximum Gasteiger partial charge on any atom is 0.220 e. The van der Waals surface area contributed by atoms with Crippen LogP contribution in [0.4, 0.5) is 0 Å². The van der Waals surface area contributed by atoms with Gasteiger partial charge in [-0.25, -0.2) is 0 Å². The SMILES string of the molecule is CCCCC/C=C\C/C=C\C/C=C\C/C=C\CCCC(=O)N[C@H](CO)Cc1ccc(O)cc1. The molecule has 1 rings (SSSR count). The molecule has 0 heterocycles. The summed E-state index contributed by atoms with van der Waals surface area (Å²) in [4.78, 5) is 12.1. The molecular formula is C29H43NO3. The molecule has 1 aromatic rings. The van der Waals surface area contributed by atoms with Crippen LogP contribution >= 0.6 is 0 Å². The maximum absolute atomic E-state index is 12.1. The first kappa shape index (κ1) is 28.4. The van der Waals surface area contributed by atoms with E-state index in [0.717, 1.165) is 37.7 Å². The number of aliphatic hydroxyl groups is 1. The first-order valence-electron chi connectivity index (χ1n) is 12.4. The number of unbranched alkanes of at least 4 members (excludes halogenated alkanes) is 4. The van der Waals surface area contributed by atoms with Crippen molar-refractivity contribution in [3.63, 3.8) is 0 Å². The fraction of sp³-hybridized carbons (Fsp3) is 0.483. The van der Waals surface area contributed by atoms with E-state index in [4.69, 9.17) is 0 Å². The molecule has 0 spiro atoms. The van der Waals surface area contributed by atoms with E-state index in [9.17, 15) is 15.0 Å². The van der Waals surface area contributed by atoms with Crippen molar-refractivity contribution >= 4 is 5.91 Å². The number of rotatable bonds is 18. The van der Waals surface area contributed by atoms with Gasteiger partial charge < -0.3 is 15.5 Å². The molecule has 0 radical (unpaired) electrons. The second-order valence-corrected chi connectivity index (χ2v) is 8.30. The van der Waals surface area contributed by atoms with Crippen LogP contribution < -0.4 is 5.32 Å². The molecule has 1 aromatic carbocycles. The zero-order valence-corrected chi connectivity index (χ0v) is 20.3. The Kier molecular flexibility index (Phi) is 17.3. The van der Waals surface area contributed by atoms with Crippen LogP contribution in [0.2, 0.25) is 0 Å². The summed E-state index contributed by atoms with van der Waals surface area (Å²) in [5.74, 6) is 0.170. The number of benzene rings is 1. The van der Waals surface area contributed by atoms with Crippen LogP contribution in [0.1, 0.15) is 76.7 Å². The first-order valence-corrected chi connectivity index (χ1v) is 12.4. The van der Waals surface area contributed by atoms with Crippen LogP contribution in [-0.2, 0) is 11.2 Å². The fourth-order valence-corrected chi connectivity index (χ4v) is 3.32. The molecule has 4 nitrogen and oxygen atoms in total. The van der Waals surface area contributed by atoms with Crippen molar-refractivity contribution in [2.45, 2.75) is 83.6 Å². The number of carbonyl (C=O) groups excluding carboxylic acids is 1. The van der Waals surface area contributed by atoms with Gasteiger partial charge >= 0.3 is 0 Å². The van der Waals surface area contributed by atoms with Crippen LogP contribution in [0.3, 0.4) is 0 Å². The van der Waals surface area contributed by atoms with E-state index in [1.54, 1.807) is 24.3 Å². The minimum atomic E-state index is -0.307. The third kappa shape index (κ3) is 16.7. The van der Waals surface area contributed by atoms with Crippen molar-refractivity contribution in [1.29, 1.82) is 0 Å². The molecule has 0 fully saturated rings. The van der Waals surface area contributed by atoms with Gasteiger partial charge in [0.2, 0.25) is 5.91 Å². The van der Waals surface area contributed by atoms with Crippen LogP contribution in [0.25, 0.3) is 0 Å². The number of aromatic hydroxyl groups is 1. The smallest absolute Gasteiger partial charge is 0.220 e. The summed E-state index contributed by atoms with van der Waals surface area (Å²) in [6, 6.07) is 6.51. The van der Waals surface area contributed by atoms with E-state index in [0.29, 0.717) is 12.8 Å². The Balaban J connectivity index is 2.06. The number of phenols is 1. The lowest BCUT2D eigenvalue weighted by Gasteiger charge is -2.16. The summed E-state index contributed by atoms with van der Waals surface area (Å²) in [6.07, 6.45) is 28.2. The number of hydrogen-bond donors (Lipinski definition) is 3. The van der Waals surface area contributed by atoms with Gasteiger partial charge in [-0.1, -0.05) is 80.5 Å². The number of phenolic OH excluding ortho intramolecular Hbond substituents is 1. The topological polar surface area (TPSA) is 69.6 Å². The molecule has 3 N–H and O–H groups in total. The molecule has 0 saturated carbocycles. The number of hydrogen-bond acceptors (Lipinski definition) is 3. The third-order valence-electron chi connectivity index (χ3n) is 5.24. The van der Waals surface area contributed by atoms with Crippen molar-refractivity contribution in [3.05, 3.63) is 78.4 Å². The third-order valence-corrected chi connectivity index (χ3v) is 5.24. The lowest BCUT2D eigenvalue weighted by Crippen LogP contribution is -2.38. The number of carbonyl (C=O) groups is 1. The Morgan fingerprint density at radius 1 is 0.848 bits per heavy atom. The van der Waals surface area contributed by atoms with Crippen LogP contribution in [0.15, 0.2) is 72.9 Å². The summed E-state index contributed by atoms with van der Waals surface area (Å²) in [5.41, 5.74) is 0.966. The van der Waals surface area contributed by atoms with E-state index in [2.05, 4.69) is 60.8 Å². The van der Waals surface area contributed by atoms with E-state index >= 15 is 0 Å². The fourth-order valence-electron chi connectivity index (χ4n) is 3.32. The first-order chi connectivity index (χ1) is 16.2. The Bertz CT molecular complexity index is 732. The van der Waals surface area contributed by atoms with Crippen molar-refractivity contribution in [1.82, 2.24) is 5.32 Å². The van der Waals surface area contributed by atoms with Gasteiger partial charge in [0.1, 0.15) is 5.75 Å². The monoisotopic (exact) mass is 453 g/mol. The average molecular weight is 454 g/mol. The standard InChI is InChI=1S/C29H43NO3/c1-2-3-4-5-6-7-8-9-10-11-12-13-14-15-16-17-18-19-29(33)30-27(25-31)24-26-20-22-28(32)23-21-26/h6-7,9-10,12-13,15-16,20-23,27,31-32H,2-5,8,11,14,17-19,24-25H2,1H3,(H,30,33)/b7-6-,10-9-,13-12-,16-15-/t27-/m0/s1. The quantitative estimate of drug-likeness (QED) is 0.174. The molecular weight excluding hydrogens is 410 g/mol. The van der Waals surface area contributed by atoms with E-state index in [1.807, 2.05) is 0 Å². The molecule has 0 aliphatic carbocycles. The van der Waals surface area contributed by atoms with Gasteiger partial charge in [0.05, 0.1) is 12.6 Å². The molecule has 0 aromatic heterocycles. The van der Waals surface area contributed by atoms with Gasteiger partial charge in [-0.05, 0) is 69.1 Å². The van der Waals surface area contributed by atoms with Crippen LogP contribution in [0, 0.1) is 0 Å². The Hall–Kier alpha value is -2.59. The minimum absolute atomic E-state index is 0.0382. The largest absolute Gasteiger partial charge is 0.508 e. The normalized spacial score (nSPS) is 13.0. The van der Waals surface area contributed by atoms with Crippen LogP contribution in [0.5, 0.6) is 5.75 Å². The van der Waals surface area contributed by atoms with Gasteiger partial charge in [0, 0.05) is 6.42 Å².